The molecule has 0 unspecified atom stereocenters. The van der Waals surface area contributed by atoms with E-state index in [1.807, 2.05) is 69.3 Å². The summed E-state index contributed by atoms with van der Waals surface area (Å²) in [4.78, 5) is 60.8. The van der Waals surface area contributed by atoms with Crippen LogP contribution in [0.3, 0.4) is 0 Å². The molecular weight excluding hydrogens is 638 g/mol. The summed E-state index contributed by atoms with van der Waals surface area (Å²) in [6, 6.07) is 12.5. The van der Waals surface area contributed by atoms with E-state index in [2.05, 4.69) is 21.0 Å². The normalized spacial score (nSPS) is 18.0. The van der Waals surface area contributed by atoms with Gasteiger partial charge >= 0.3 is 12.1 Å². The molecule has 5 N–H and O–H groups in total. The lowest BCUT2D eigenvalue weighted by Gasteiger charge is -2.36. The molecule has 1 saturated heterocycles. The number of aliphatic hydroxyl groups excluding tert-OH is 1. The molecule has 5 amide bonds. The molecule has 13 heteroatoms. The maximum Gasteiger partial charge on any atom is 0.405 e. The molecule has 2 fully saturated rings. The van der Waals surface area contributed by atoms with E-state index in [-0.39, 0.29) is 24.4 Å². The molecule has 0 bridgehead atoms. The van der Waals surface area contributed by atoms with Gasteiger partial charge in [0.25, 0.3) is 5.91 Å². The second kappa shape index (κ2) is 17.1. The highest BCUT2D eigenvalue weighted by Gasteiger charge is 2.41. The van der Waals surface area contributed by atoms with Gasteiger partial charge in [0.2, 0.25) is 5.91 Å². The number of hydrazine groups is 1. The molecular formula is C37H55N7O6. The maximum absolute atomic E-state index is 14.3. The average molecular weight is 694 g/mol. The van der Waals surface area contributed by atoms with Gasteiger partial charge < -0.3 is 30.6 Å². The van der Waals surface area contributed by atoms with E-state index >= 15 is 0 Å². The number of rotatable bonds is 17. The fourth-order valence-corrected chi connectivity index (χ4v) is 6.39. The summed E-state index contributed by atoms with van der Waals surface area (Å²) in [7, 11) is 0. The van der Waals surface area contributed by atoms with Crippen LogP contribution in [0.1, 0.15) is 70.8 Å². The molecule has 50 heavy (non-hydrogen) atoms. The number of pyridine rings is 1. The van der Waals surface area contributed by atoms with Crippen LogP contribution in [0.5, 0.6) is 0 Å². The van der Waals surface area contributed by atoms with Crippen molar-refractivity contribution in [2.75, 3.05) is 26.2 Å². The first kappa shape index (κ1) is 38.6. The third-order valence-electron chi connectivity index (χ3n) is 9.55. The molecule has 2 aliphatic rings. The molecule has 4 rings (SSSR count). The Morgan fingerprint density at radius 3 is 2.32 bits per heavy atom. The number of benzene rings is 1. The number of aryl methyl sites for hydroxylation is 1. The Labute approximate surface area is 295 Å². The number of hydrogen-bond donors (Lipinski definition) is 5. The van der Waals surface area contributed by atoms with E-state index in [0.717, 1.165) is 29.8 Å². The SMILES string of the molecule is CC[C@H](C)[C@@H](C(=O)N[C@@H](Cc1ccccc1)[C@@H](O)CN(CC1CC1)NC(=O)[C@@H](NC(=O)O)C(C)(C)C)N1CCN(Cc2cccc(C)n2)C1=O. The van der Waals surface area contributed by atoms with E-state index < -0.39 is 41.6 Å². The number of carbonyl (C=O) groups excluding carboxylic acids is 3. The molecule has 1 aromatic heterocycles. The van der Waals surface area contributed by atoms with Gasteiger partial charge in [-0.25, -0.2) is 14.6 Å². The lowest BCUT2D eigenvalue weighted by Crippen LogP contribution is -2.60. The molecule has 1 aliphatic carbocycles. The minimum atomic E-state index is -1.30. The van der Waals surface area contributed by atoms with Crippen molar-refractivity contribution in [3.63, 3.8) is 0 Å². The van der Waals surface area contributed by atoms with Gasteiger partial charge in [-0.3, -0.25) is 20.0 Å². The predicted octanol–water partition coefficient (Wildman–Crippen LogP) is 3.56. The first-order valence-corrected chi connectivity index (χ1v) is 17.7. The van der Waals surface area contributed by atoms with E-state index in [9.17, 15) is 29.4 Å². The van der Waals surface area contributed by atoms with Crippen molar-refractivity contribution in [3.05, 3.63) is 65.5 Å². The Morgan fingerprint density at radius 2 is 1.72 bits per heavy atom. The molecule has 5 atom stereocenters. The fraction of sp³-hybridized carbons (Fsp3) is 0.595. The number of carboxylic acid groups (broad SMARTS) is 1. The van der Waals surface area contributed by atoms with Crippen molar-refractivity contribution in [3.8, 4) is 0 Å². The Balaban J connectivity index is 1.53. The van der Waals surface area contributed by atoms with E-state index in [1.165, 1.54) is 0 Å². The van der Waals surface area contributed by atoms with Crippen LogP contribution in [0.15, 0.2) is 48.5 Å². The van der Waals surface area contributed by atoms with Crippen LogP contribution in [0.4, 0.5) is 9.59 Å². The number of nitrogens with one attached hydrogen (secondary N) is 3. The maximum atomic E-state index is 14.3. The molecule has 274 valence electrons. The smallest absolute Gasteiger partial charge is 0.405 e. The topological polar surface area (TPSA) is 167 Å². The third kappa shape index (κ3) is 10.9. The van der Waals surface area contributed by atoms with Crippen molar-refractivity contribution in [1.82, 2.24) is 35.9 Å². The standard InChI is InChI=1S/C37H55N7O6/c1-7-24(2)31(44-19-18-42(36(44)50)22-28-15-11-12-25(3)38-28)33(46)39-29(20-26-13-9-8-10-14-26)30(45)23-43(21-27-16-17-27)41-34(47)32(37(4,5)6)40-35(48)49/h8-15,24,27,29-32,40,45H,7,16-23H2,1-6H3,(H,39,46)(H,41,47)(H,48,49)/t24-,29-,30-,31-,32+/m0/s1. The van der Waals surface area contributed by atoms with E-state index in [4.69, 9.17) is 0 Å². The zero-order valence-electron chi connectivity index (χ0n) is 30.3. The highest BCUT2D eigenvalue weighted by molar-refractivity contribution is 5.88. The Bertz CT molecular complexity index is 1460. The van der Waals surface area contributed by atoms with Gasteiger partial charge in [-0.15, -0.1) is 0 Å². The first-order valence-electron chi connectivity index (χ1n) is 17.7. The van der Waals surface area contributed by atoms with E-state index in [0.29, 0.717) is 44.9 Å². The third-order valence-corrected chi connectivity index (χ3v) is 9.55. The second-order valence-electron chi connectivity index (χ2n) is 14.9. The summed E-state index contributed by atoms with van der Waals surface area (Å²) in [5, 5.41) is 28.3. The van der Waals surface area contributed by atoms with Crippen molar-refractivity contribution in [2.45, 2.75) is 98.0 Å². The minimum Gasteiger partial charge on any atom is -0.465 e. The van der Waals surface area contributed by atoms with Crippen molar-refractivity contribution in [1.29, 1.82) is 0 Å². The Morgan fingerprint density at radius 1 is 1.02 bits per heavy atom. The molecule has 1 saturated carbocycles. The largest absolute Gasteiger partial charge is 0.465 e. The van der Waals surface area contributed by atoms with Crippen molar-refractivity contribution < 1.29 is 29.4 Å². The lowest BCUT2D eigenvalue weighted by molar-refractivity contribution is -0.132. The number of aliphatic hydroxyl groups is 1. The summed E-state index contributed by atoms with van der Waals surface area (Å²) in [6.45, 7) is 12.8. The van der Waals surface area contributed by atoms with Crippen molar-refractivity contribution in [2.24, 2.45) is 17.3 Å². The van der Waals surface area contributed by atoms with Crippen LogP contribution in [0, 0.1) is 24.2 Å². The molecule has 2 aromatic rings. The van der Waals surface area contributed by atoms with Gasteiger partial charge in [-0.1, -0.05) is 77.4 Å². The number of amides is 5. The highest BCUT2D eigenvalue weighted by Crippen LogP contribution is 2.30. The number of nitrogens with zero attached hydrogens (tertiary/aromatic N) is 4. The zero-order valence-corrected chi connectivity index (χ0v) is 30.3. The summed E-state index contributed by atoms with van der Waals surface area (Å²) in [6.07, 6.45) is 0.529. The molecule has 0 radical (unpaired) electrons. The molecule has 2 heterocycles. The van der Waals surface area contributed by atoms with E-state index in [1.54, 1.807) is 35.6 Å². The van der Waals surface area contributed by atoms with Crippen LogP contribution in [-0.4, -0.2) is 104 Å². The van der Waals surface area contributed by atoms with Gasteiger partial charge in [0, 0.05) is 31.9 Å². The molecule has 13 nitrogen and oxygen atoms in total. The monoisotopic (exact) mass is 693 g/mol. The van der Waals surface area contributed by atoms with Gasteiger partial charge in [0.1, 0.15) is 12.1 Å². The van der Waals surface area contributed by atoms with Crippen LogP contribution in [0.25, 0.3) is 0 Å². The summed E-state index contributed by atoms with van der Waals surface area (Å²) >= 11 is 0. The summed E-state index contributed by atoms with van der Waals surface area (Å²) in [5.74, 6) is -0.697. The lowest BCUT2D eigenvalue weighted by atomic mass is 9.86. The molecule has 1 aliphatic heterocycles. The summed E-state index contributed by atoms with van der Waals surface area (Å²) in [5.41, 5.74) is 4.71. The first-order chi connectivity index (χ1) is 23.7. The van der Waals surface area contributed by atoms with Gasteiger partial charge in [0.15, 0.2) is 0 Å². The molecule has 0 spiro atoms. The van der Waals surface area contributed by atoms with Crippen LogP contribution < -0.4 is 16.1 Å². The highest BCUT2D eigenvalue weighted by atomic mass is 16.4. The fourth-order valence-electron chi connectivity index (χ4n) is 6.39. The Hall–Kier alpha value is -4.23. The number of urea groups is 1. The number of aromatic nitrogens is 1. The van der Waals surface area contributed by atoms with Crippen molar-refractivity contribution >= 4 is 23.9 Å². The zero-order chi connectivity index (χ0) is 36.6. The molecule has 1 aromatic carbocycles. The average Bonchev–Trinajstić information content (AvgIpc) is 3.80. The predicted molar refractivity (Wildman–Crippen MR) is 190 cm³/mol. The van der Waals surface area contributed by atoms with Crippen LogP contribution >= 0.6 is 0 Å². The number of carbonyl (C=O) groups is 4. The quantitative estimate of drug-likeness (QED) is 0.157. The van der Waals surface area contributed by atoms with Gasteiger partial charge in [-0.2, -0.15) is 0 Å². The van der Waals surface area contributed by atoms with Crippen LogP contribution in [0.2, 0.25) is 0 Å². The Kier molecular flexibility index (Phi) is 13.2. The van der Waals surface area contributed by atoms with Crippen LogP contribution in [-0.2, 0) is 22.6 Å². The van der Waals surface area contributed by atoms with Gasteiger partial charge in [-0.05, 0) is 61.1 Å². The summed E-state index contributed by atoms with van der Waals surface area (Å²) < 4.78 is 0. The minimum absolute atomic E-state index is 0.00212. The second-order valence-corrected chi connectivity index (χ2v) is 14.9. The van der Waals surface area contributed by atoms with Gasteiger partial charge in [0.05, 0.1) is 24.4 Å². The number of hydrogen-bond acceptors (Lipinski definition) is 7.